The van der Waals surface area contributed by atoms with Crippen molar-refractivity contribution >= 4 is 28.2 Å². The fraction of sp³-hybridized carbons (Fsp3) is 0.286. The Morgan fingerprint density at radius 3 is 2.95 bits per heavy atom. The Morgan fingerprint density at radius 1 is 1.42 bits per heavy atom. The molecule has 0 aromatic carbocycles. The molecule has 4 nitrogen and oxygen atoms in total. The van der Waals surface area contributed by atoms with Gasteiger partial charge in [0.15, 0.2) is 11.5 Å². The van der Waals surface area contributed by atoms with Crippen LogP contribution in [0.4, 0.5) is 5.69 Å². The lowest BCUT2D eigenvalue weighted by Crippen LogP contribution is -2.01. The number of nitrogen functional groups attached to an aromatic ring is 1. The zero-order chi connectivity index (χ0) is 13.4. The quantitative estimate of drug-likeness (QED) is 0.794. The Balaban J connectivity index is 2.28. The molecule has 3 rings (SSSR count). The van der Waals surface area contributed by atoms with Gasteiger partial charge >= 0.3 is 0 Å². The molecule has 0 aliphatic carbocycles. The molecule has 2 N–H and O–H groups in total. The number of anilines is 1. The summed E-state index contributed by atoms with van der Waals surface area (Å²) >= 11 is 1.65. The number of rotatable bonds is 3. The zero-order valence-corrected chi connectivity index (χ0v) is 11.9. The van der Waals surface area contributed by atoms with Gasteiger partial charge in [-0.3, -0.25) is 0 Å². The number of thiophene rings is 1. The van der Waals surface area contributed by atoms with Crippen molar-refractivity contribution in [3.63, 3.8) is 0 Å². The Hall–Kier alpha value is -1.88. The van der Waals surface area contributed by atoms with Gasteiger partial charge in [0, 0.05) is 12.7 Å². The molecule has 3 heterocycles. The smallest absolute Gasteiger partial charge is 0.160 e. The molecule has 0 bridgehead atoms. The first-order valence-electron chi connectivity index (χ1n) is 6.37. The molecule has 98 valence electrons. The molecule has 5 heteroatoms. The second-order valence-electron chi connectivity index (χ2n) is 4.59. The lowest BCUT2D eigenvalue weighted by atomic mass is 10.2. The van der Waals surface area contributed by atoms with E-state index in [2.05, 4.69) is 21.9 Å². The summed E-state index contributed by atoms with van der Waals surface area (Å²) in [6.07, 6.45) is 2.85. The number of nitrogens with two attached hydrogens (primary N) is 1. The molecule has 0 aliphatic rings. The van der Waals surface area contributed by atoms with E-state index in [1.807, 2.05) is 25.3 Å². The molecule has 0 spiro atoms. The second kappa shape index (κ2) is 4.66. The molecule has 0 aliphatic heterocycles. The standard InChI is InChI=1S/C14H16N4S/c1-3-7-18-13-10(5-4-6-16-13)17-14(18)12-11(15)9(2)8-19-12/h4-6,8H,3,7,15H2,1-2H3. The predicted molar refractivity (Wildman–Crippen MR) is 80.3 cm³/mol. The van der Waals surface area contributed by atoms with Crippen LogP contribution in [-0.4, -0.2) is 14.5 Å². The Bertz CT molecular complexity index is 726. The van der Waals surface area contributed by atoms with Gasteiger partial charge in [0.2, 0.25) is 0 Å². The van der Waals surface area contributed by atoms with E-state index in [0.717, 1.165) is 46.1 Å². The van der Waals surface area contributed by atoms with Gasteiger partial charge in [-0.25, -0.2) is 9.97 Å². The van der Waals surface area contributed by atoms with Crippen LogP contribution in [0.25, 0.3) is 21.9 Å². The first-order chi connectivity index (χ1) is 9.22. The molecule has 0 unspecified atom stereocenters. The maximum atomic E-state index is 6.16. The molecule has 3 aromatic heterocycles. The fourth-order valence-electron chi connectivity index (χ4n) is 2.19. The van der Waals surface area contributed by atoms with Gasteiger partial charge in [-0.05, 0) is 36.4 Å². The second-order valence-corrected chi connectivity index (χ2v) is 5.47. The summed E-state index contributed by atoms with van der Waals surface area (Å²) in [7, 11) is 0. The maximum absolute atomic E-state index is 6.16. The summed E-state index contributed by atoms with van der Waals surface area (Å²) < 4.78 is 2.16. The monoisotopic (exact) mass is 272 g/mol. The number of nitrogens with zero attached hydrogens (tertiary/aromatic N) is 3. The van der Waals surface area contributed by atoms with Crippen LogP contribution in [0.5, 0.6) is 0 Å². The van der Waals surface area contributed by atoms with Crippen molar-refractivity contribution in [1.82, 2.24) is 14.5 Å². The molecule has 19 heavy (non-hydrogen) atoms. The first kappa shape index (κ1) is 12.2. The van der Waals surface area contributed by atoms with Crippen LogP contribution < -0.4 is 5.73 Å². The van der Waals surface area contributed by atoms with Crippen LogP contribution in [0, 0.1) is 6.92 Å². The summed E-state index contributed by atoms with van der Waals surface area (Å²) in [5, 5.41) is 2.08. The van der Waals surface area contributed by atoms with Crippen molar-refractivity contribution in [2.24, 2.45) is 0 Å². The SMILES string of the molecule is CCCn1c(-c2scc(C)c2N)nc2cccnc21. The molecule has 0 fully saturated rings. The van der Waals surface area contributed by atoms with E-state index in [1.54, 1.807) is 11.3 Å². The van der Waals surface area contributed by atoms with E-state index >= 15 is 0 Å². The molecule has 3 aromatic rings. The minimum Gasteiger partial charge on any atom is -0.397 e. The first-order valence-corrected chi connectivity index (χ1v) is 7.25. The third-order valence-electron chi connectivity index (χ3n) is 3.18. The highest BCUT2D eigenvalue weighted by atomic mass is 32.1. The minimum absolute atomic E-state index is 0.831. The van der Waals surface area contributed by atoms with E-state index in [9.17, 15) is 0 Å². The predicted octanol–water partition coefficient (Wildman–Crippen LogP) is 3.46. The van der Waals surface area contributed by atoms with Crippen LogP contribution in [0.15, 0.2) is 23.7 Å². The van der Waals surface area contributed by atoms with Crippen molar-refractivity contribution in [3.05, 3.63) is 29.3 Å². The van der Waals surface area contributed by atoms with E-state index in [0.29, 0.717) is 0 Å². The largest absolute Gasteiger partial charge is 0.397 e. The van der Waals surface area contributed by atoms with Gasteiger partial charge in [-0.2, -0.15) is 0 Å². The van der Waals surface area contributed by atoms with Crippen molar-refractivity contribution in [1.29, 1.82) is 0 Å². The van der Waals surface area contributed by atoms with Crippen molar-refractivity contribution in [2.45, 2.75) is 26.8 Å². The van der Waals surface area contributed by atoms with Gasteiger partial charge in [0.1, 0.15) is 5.52 Å². The van der Waals surface area contributed by atoms with Gasteiger partial charge in [0.25, 0.3) is 0 Å². The Labute approximate surface area is 115 Å². The lowest BCUT2D eigenvalue weighted by Gasteiger charge is -2.06. The van der Waals surface area contributed by atoms with E-state index < -0.39 is 0 Å². The average molecular weight is 272 g/mol. The highest BCUT2D eigenvalue weighted by Crippen LogP contribution is 2.35. The van der Waals surface area contributed by atoms with Gasteiger partial charge in [0.05, 0.1) is 10.6 Å². The van der Waals surface area contributed by atoms with Crippen LogP contribution >= 0.6 is 11.3 Å². The number of imidazole rings is 1. The van der Waals surface area contributed by atoms with Crippen LogP contribution in [0.2, 0.25) is 0 Å². The topological polar surface area (TPSA) is 56.7 Å². The molecule has 0 saturated heterocycles. The van der Waals surface area contributed by atoms with Crippen molar-refractivity contribution in [2.75, 3.05) is 5.73 Å². The number of hydrogen-bond acceptors (Lipinski definition) is 4. The number of pyridine rings is 1. The summed E-state index contributed by atoms with van der Waals surface area (Å²) in [6.45, 7) is 5.08. The van der Waals surface area contributed by atoms with Crippen molar-refractivity contribution in [3.8, 4) is 10.7 Å². The van der Waals surface area contributed by atoms with Gasteiger partial charge < -0.3 is 10.3 Å². The molecular formula is C14H16N4S. The Kier molecular flexibility index (Phi) is 2.98. The van der Waals surface area contributed by atoms with E-state index in [4.69, 9.17) is 10.7 Å². The van der Waals surface area contributed by atoms with Gasteiger partial charge in [-0.15, -0.1) is 11.3 Å². The van der Waals surface area contributed by atoms with Crippen molar-refractivity contribution < 1.29 is 0 Å². The summed E-state index contributed by atoms with van der Waals surface area (Å²) in [4.78, 5) is 10.2. The summed E-state index contributed by atoms with van der Waals surface area (Å²) in [5.74, 6) is 0.936. The molecule has 0 radical (unpaired) electrons. The molecule has 0 atom stereocenters. The minimum atomic E-state index is 0.831. The zero-order valence-electron chi connectivity index (χ0n) is 11.1. The number of aromatic nitrogens is 3. The van der Waals surface area contributed by atoms with E-state index in [-0.39, 0.29) is 0 Å². The van der Waals surface area contributed by atoms with Crippen LogP contribution in [0.3, 0.4) is 0 Å². The van der Waals surface area contributed by atoms with E-state index in [1.165, 1.54) is 0 Å². The number of aryl methyl sites for hydroxylation is 2. The maximum Gasteiger partial charge on any atom is 0.160 e. The summed E-state index contributed by atoms with van der Waals surface area (Å²) in [6, 6.07) is 3.91. The average Bonchev–Trinajstić information content (AvgIpc) is 2.93. The summed E-state index contributed by atoms with van der Waals surface area (Å²) in [5.41, 5.74) is 9.97. The normalized spacial score (nSPS) is 11.3. The fourth-order valence-corrected chi connectivity index (χ4v) is 3.16. The lowest BCUT2D eigenvalue weighted by molar-refractivity contribution is 0.699. The molecular weight excluding hydrogens is 256 g/mol. The highest BCUT2D eigenvalue weighted by Gasteiger charge is 2.17. The number of hydrogen-bond donors (Lipinski definition) is 1. The molecule has 0 saturated carbocycles. The van der Waals surface area contributed by atoms with Gasteiger partial charge in [-0.1, -0.05) is 6.92 Å². The number of fused-ring (bicyclic) bond motifs is 1. The highest BCUT2D eigenvalue weighted by molar-refractivity contribution is 7.14. The molecule has 0 amide bonds. The van der Waals surface area contributed by atoms with Crippen LogP contribution in [0.1, 0.15) is 18.9 Å². The Morgan fingerprint density at radius 2 is 2.26 bits per heavy atom. The van der Waals surface area contributed by atoms with Crippen LogP contribution in [-0.2, 0) is 6.54 Å². The third-order valence-corrected chi connectivity index (χ3v) is 4.29. The third kappa shape index (κ3) is 1.90.